The molecule has 1 spiro atoms. The maximum atomic E-state index is 14.3. The maximum absolute atomic E-state index is 14.3. The molecule has 1 saturated carbocycles. The molecule has 5 atom stereocenters. The van der Waals surface area contributed by atoms with Crippen molar-refractivity contribution in [3.63, 3.8) is 0 Å². The molecule has 1 aromatic rings. The maximum Gasteiger partial charge on any atom is 0.317 e. The van der Waals surface area contributed by atoms with E-state index >= 15 is 0 Å². The SMILES string of the molecule is CC[C@H](C)[C@@H]1NC(=O)[C@H](CC(C)C)NC(=O)C2(CCCCC2)NC(=O)CCSCc2cccc(c2)CSC[C@@H](C(=O)NCCCOCCOCCOCCCNC(=O)CCC(=O)N[C@@H](CCCCNC(=O)CN2CCN(CC(=O)O)CCN(CC(=O)O)CCN(CC(=O)O)CC2)C(N)=O)NC1=O. The van der Waals surface area contributed by atoms with Crippen LogP contribution in [0.1, 0.15) is 135 Å². The molecule has 0 unspecified atom stereocenters. The number of carbonyl (C=O) groups excluding carboxylic acids is 9. The third-order valence-electron chi connectivity index (χ3n) is 17.7. The van der Waals surface area contributed by atoms with Gasteiger partial charge in [0.15, 0.2) is 0 Å². The van der Waals surface area contributed by atoms with E-state index in [4.69, 9.17) is 19.9 Å². The highest BCUT2D eigenvalue weighted by Crippen LogP contribution is 2.30. The van der Waals surface area contributed by atoms with Gasteiger partial charge in [0.1, 0.15) is 29.7 Å². The summed E-state index contributed by atoms with van der Waals surface area (Å²) in [6, 6.07) is 4.19. The number of carboxylic acid groups (broad SMARTS) is 3. The van der Waals surface area contributed by atoms with Crippen LogP contribution in [0.4, 0.5) is 0 Å². The van der Waals surface area contributed by atoms with Crippen molar-refractivity contribution in [3.05, 3.63) is 35.4 Å². The lowest BCUT2D eigenvalue weighted by Crippen LogP contribution is -2.64. The molecule has 0 aromatic heterocycles. The zero-order chi connectivity index (χ0) is 74.7. The van der Waals surface area contributed by atoms with Crippen molar-refractivity contribution in [2.75, 3.05) is 149 Å². The van der Waals surface area contributed by atoms with Gasteiger partial charge in [-0.25, -0.2) is 0 Å². The van der Waals surface area contributed by atoms with Gasteiger partial charge in [-0.1, -0.05) is 77.6 Å². The second-order valence-electron chi connectivity index (χ2n) is 26.8. The molecule has 102 heavy (non-hydrogen) atoms. The molecule has 4 rings (SSSR count). The van der Waals surface area contributed by atoms with Crippen LogP contribution in [0.3, 0.4) is 0 Å². The van der Waals surface area contributed by atoms with Gasteiger partial charge in [-0.15, -0.1) is 0 Å². The molecule has 1 saturated heterocycles. The third-order valence-corrected chi connectivity index (χ3v) is 19.9. The fraction of sp³-hybridized carbons (Fsp3) is 0.739. The number of amides is 9. The second-order valence-corrected chi connectivity index (χ2v) is 28.9. The van der Waals surface area contributed by atoms with Gasteiger partial charge in [0.25, 0.3) is 0 Å². The van der Waals surface area contributed by atoms with Gasteiger partial charge in [0.05, 0.1) is 52.6 Å². The number of benzene rings is 1. The topological polar surface area (TPSA) is 428 Å². The van der Waals surface area contributed by atoms with Crippen LogP contribution < -0.4 is 48.3 Å². The normalized spacial score (nSPS) is 20.1. The van der Waals surface area contributed by atoms with Gasteiger partial charge >= 0.3 is 17.9 Å². The van der Waals surface area contributed by atoms with Crippen LogP contribution in [-0.2, 0) is 83.3 Å². The van der Waals surface area contributed by atoms with E-state index in [0.29, 0.717) is 115 Å². The molecule has 3 aliphatic rings. The number of carboxylic acids is 3. The first-order valence-corrected chi connectivity index (χ1v) is 38.3. The Bertz CT molecular complexity index is 2770. The molecule has 31 nitrogen and oxygen atoms in total. The van der Waals surface area contributed by atoms with Crippen LogP contribution in [0.5, 0.6) is 0 Å². The molecule has 2 fully saturated rings. The smallest absolute Gasteiger partial charge is 0.317 e. The van der Waals surface area contributed by atoms with Crippen LogP contribution in [0, 0.1) is 11.8 Å². The second kappa shape index (κ2) is 49.9. The van der Waals surface area contributed by atoms with Gasteiger partial charge in [0.2, 0.25) is 53.2 Å². The minimum absolute atomic E-state index is 0.00474. The zero-order valence-electron chi connectivity index (χ0n) is 60.2. The minimum atomic E-state index is -1.15. The average molecular weight is 1480 g/mol. The predicted octanol–water partition coefficient (Wildman–Crippen LogP) is 0.497. The predicted molar refractivity (Wildman–Crippen MR) is 386 cm³/mol. The molecule has 2 aliphatic heterocycles. The highest BCUT2D eigenvalue weighted by molar-refractivity contribution is 7.98. The van der Waals surface area contributed by atoms with Crippen molar-refractivity contribution in [2.24, 2.45) is 17.6 Å². The minimum Gasteiger partial charge on any atom is -0.480 e. The Morgan fingerprint density at radius 3 is 1.67 bits per heavy atom. The number of carbonyl (C=O) groups is 12. The lowest BCUT2D eigenvalue weighted by Gasteiger charge is -2.38. The quantitative estimate of drug-likeness (QED) is 0.0404. The fourth-order valence-electron chi connectivity index (χ4n) is 11.8. The van der Waals surface area contributed by atoms with Crippen LogP contribution in [0.15, 0.2) is 24.3 Å². The van der Waals surface area contributed by atoms with Crippen molar-refractivity contribution in [1.82, 2.24) is 62.1 Å². The molecule has 2 heterocycles. The van der Waals surface area contributed by atoms with Gasteiger partial charge in [0, 0.05) is 127 Å². The van der Waals surface area contributed by atoms with E-state index in [-0.39, 0.29) is 159 Å². The number of nitrogens with zero attached hydrogens (tertiary/aromatic N) is 4. The van der Waals surface area contributed by atoms with E-state index in [2.05, 4.69) is 48.6 Å². The Morgan fingerprint density at radius 1 is 0.618 bits per heavy atom. The molecule has 9 amide bonds. The van der Waals surface area contributed by atoms with Crippen molar-refractivity contribution < 1.29 is 87.1 Å². The van der Waals surface area contributed by atoms with Crippen LogP contribution in [-0.4, -0.2) is 285 Å². The summed E-state index contributed by atoms with van der Waals surface area (Å²) in [6.45, 7) is 11.5. The third kappa shape index (κ3) is 37.1. The Hall–Kier alpha value is -6.72. The van der Waals surface area contributed by atoms with E-state index in [0.717, 1.165) is 30.4 Å². The molecule has 1 aliphatic carbocycles. The monoisotopic (exact) mass is 1480 g/mol. The van der Waals surface area contributed by atoms with E-state index < -0.39 is 77.2 Å². The first-order chi connectivity index (χ1) is 48.8. The fourth-order valence-corrected chi connectivity index (χ4v) is 13.7. The first kappa shape index (κ1) is 87.7. The molecule has 13 N–H and O–H groups in total. The Labute approximate surface area is 608 Å². The molecular weight excluding hydrogens is 1360 g/mol. The number of thioether (sulfide) groups is 2. The average Bonchev–Trinajstić information content (AvgIpc) is 0.807. The number of nitrogens with one attached hydrogen (secondary N) is 8. The van der Waals surface area contributed by atoms with E-state index in [9.17, 15) is 72.9 Å². The van der Waals surface area contributed by atoms with E-state index in [1.807, 2.05) is 45.9 Å². The highest BCUT2D eigenvalue weighted by Gasteiger charge is 2.43. The first-order valence-electron chi connectivity index (χ1n) is 36.0. The van der Waals surface area contributed by atoms with E-state index in [1.165, 1.54) is 11.8 Å². The number of rotatable bonds is 37. The Morgan fingerprint density at radius 2 is 1.13 bits per heavy atom. The number of fused-ring (bicyclic) bond motifs is 2. The molecular formula is C69H115N13O18S2. The molecule has 33 heteroatoms. The largest absolute Gasteiger partial charge is 0.480 e. The number of aliphatic carboxylic acids is 3. The van der Waals surface area contributed by atoms with Crippen LogP contribution in [0.2, 0.25) is 0 Å². The number of unbranched alkanes of at least 4 members (excludes halogenated alkanes) is 1. The lowest BCUT2D eigenvalue weighted by molar-refractivity contribution is -0.140. The summed E-state index contributed by atoms with van der Waals surface area (Å²) in [6.07, 6.45) is 6.16. The summed E-state index contributed by atoms with van der Waals surface area (Å²) >= 11 is 3.13. The Balaban J connectivity index is 1.11. The zero-order valence-corrected chi connectivity index (χ0v) is 61.8. The summed E-state index contributed by atoms with van der Waals surface area (Å²) < 4.78 is 17.0. The molecule has 576 valence electrons. The summed E-state index contributed by atoms with van der Waals surface area (Å²) in [4.78, 5) is 162. The van der Waals surface area contributed by atoms with Crippen molar-refractivity contribution in [1.29, 1.82) is 0 Å². The number of hydrogen-bond donors (Lipinski definition) is 12. The number of nitrogens with two attached hydrogens (primary N) is 1. The summed E-state index contributed by atoms with van der Waals surface area (Å²) in [7, 11) is 0. The number of ether oxygens (including phenoxy) is 3. The van der Waals surface area contributed by atoms with Gasteiger partial charge in [-0.2, -0.15) is 23.5 Å². The molecule has 1 aromatic carbocycles. The molecule has 0 radical (unpaired) electrons. The summed E-state index contributed by atoms with van der Waals surface area (Å²) in [5.74, 6) is -5.43. The van der Waals surface area contributed by atoms with E-state index in [1.54, 1.807) is 31.4 Å². The van der Waals surface area contributed by atoms with Crippen molar-refractivity contribution >= 4 is 94.6 Å². The van der Waals surface area contributed by atoms with Crippen LogP contribution >= 0.6 is 23.5 Å². The van der Waals surface area contributed by atoms with Gasteiger partial charge in [-0.3, -0.25) is 77.1 Å². The number of primary amides is 1. The van der Waals surface area contributed by atoms with Gasteiger partial charge in [-0.05, 0) is 74.3 Å². The Kier molecular flexibility index (Phi) is 42.9. The highest BCUT2D eigenvalue weighted by atomic mass is 32.2. The summed E-state index contributed by atoms with van der Waals surface area (Å²) in [5.41, 5.74) is 6.56. The molecule has 2 bridgehead atoms. The van der Waals surface area contributed by atoms with Crippen molar-refractivity contribution in [3.8, 4) is 0 Å². The summed E-state index contributed by atoms with van der Waals surface area (Å²) in [5, 5.41) is 51.5. The van der Waals surface area contributed by atoms with Crippen LogP contribution in [0.25, 0.3) is 0 Å². The van der Waals surface area contributed by atoms with Gasteiger partial charge < -0.3 is 77.8 Å². The lowest BCUT2D eigenvalue weighted by atomic mass is 9.80. The standard InChI is InChI=1S/C69H115N13O18S2/c1-5-50(4)63-67(96)75-55(48-102-47-52-15-11-14-51(41-52)46-101-39-19-58(85)78-69(20-8-6-9-21-69)68(97)76-54(40-49(2)3)66(95)77-63)65(94)73-24-13-34-99-36-38-100-37-35-98-33-12-23-71-56(83)17-18-57(84)74-53(64(70)93)16-7-10-22-72-59(86)42-79-25-27-80(43-60(87)88)29-31-82(45-62(91)92)32-30-81(28-26-79)44-61(89)90/h11,14-15,41,49-50,53-55,63H,5-10,12-13,16-40,42-48H2,1-4H3,(H2,70,93)(H,71,83)(H,72,86)(H,73,94)(H,74,84)(H,75,96)(H,76,97)(H,77,95)(H,78,85)(H,87,88)(H,89,90)(H,91,92)/t50-,53-,54-,55-,63-/m0/s1. The van der Waals surface area contributed by atoms with Crippen molar-refractivity contribution in [2.45, 2.75) is 165 Å². The number of hydrogen-bond acceptors (Lipinski definition) is 21.